The highest BCUT2D eigenvalue weighted by molar-refractivity contribution is 5.80. The Kier molecular flexibility index (Phi) is 4.76. The summed E-state index contributed by atoms with van der Waals surface area (Å²) >= 11 is 0. The molecule has 0 saturated heterocycles. The Morgan fingerprint density at radius 1 is 1.30 bits per heavy atom. The fraction of sp³-hybridized carbons (Fsp3) is 0.550. The summed E-state index contributed by atoms with van der Waals surface area (Å²) in [7, 11) is 1.80. The van der Waals surface area contributed by atoms with Crippen molar-refractivity contribution < 1.29 is 4.74 Å². The highest BCUT2D eigenvalue weighted by Crippen LogP contribution is 2.39. The zero-order valence-corrected chi connectivity index (χ0v) is 16.3. The van der Waals surface area contributed by atoms with Gasteiger partial charge in [-0.05, 0) is 32.8 Å². The molecular formula is C20H28N6O. The lowest BCUT2D eigenvalue weighted by molar-refractivity contribution is 0.0694. The molecule has 1 aromatic heterocycles. The Bertz CT molecular complexity index is 841. The summed E-state index contributed by atoms with van der Waals surface area (Å²) in [4.78, 5) is 4.41. The molecule has 2 aromatic rings. The summed E-state index contributed by atoms with van der Waals surface area (Å²) < 4.78 is 8.36. The summed E-state index contributed by atoms with van der Waals surface area (Å²) in [6, 6.07) is 8.35. The molecular weight excluding hydrogens is 340 g/mol. The van der Waals surface area contributed by atoms with Crippen LogP contribution in [-0.4, -0.2) is 33.4 Å². The monoisotopic (exact) mass is 368 g/mol. The quantitative estimate of drug-likeness (QED) is 0.643. The van der Waals surface area contributed by atoms with E-state index in [0.29, 0.717) is 6.54 Å². The van der Waals surface area contributed by atoms with Gasteiger partial charge in [-0.2, -0.15) is 0 Å². The molecule has 7 heteroatoms. The maximum Gasteiger partial charge on any atom is 0.191 e. The summed E-state index contributed by atoms with van der Waals surface area (Å²) in [6.45, 7) is 5.86. The van der Waals surface area contributed by atoms with E-state index in [4.69, 9.17) is 4.74 Å². The number of ether oxygens (including phenoxy) is 1. The highest BCUT2D eigenvalue weighted by atomic mass is 16.5. The van der Waals surface area contributed by atoms with E-state index in [9.17, 15) is 0 Å². The number of nitrogens with one attached hydrogen (secondary N) is 2. The third kappa shape index (κ3) is 3.77. The third-order valence-corrected chi connectivity index (χ3v) is 5.26. The Morgan fingerprint density at radius 2 is 2.15 bits per heavy atom. The molecule has 27 heavy (non-hydrogen) atoms. The largest absolute Gasteiger partial charge is 0.487 e. The number of nitrogens with zero attached hydrogens (tertiary/aromatic N) is 4. The fourth-order valence-corrected chi connectivity index (χ4v) is 3.95. The van der Waals surface area contributed by atoms with Crippen molar-refractivity contribution >= 4 is 5.96 Å². The lowest BCUT2D eigenvalue weighted by Gasteiger charge is -2.38. The zero-order chi connectivity index (χ0) is 18.9. The van der Waals surface area contributed by atoms with Gasteiger partial charge in [0.05, 0.1) is 12.6 Å². The molecule has 0 aliphatic carbocycles. The maximum atomic E-state index is 6.12. The van der Waals surface area contributed by atoms with E-state index in [-0.39, 0.29) is 11.6 Å². The van der Waals surface area contributed by atoms with Crippen LogP contribution in [0.3, 0.4) is 0 Å². The van der Waals surface area contributed by atoms with Crippen molar-refractivity contribution in [3.63, 3.8) is 0 Å². The van der Waals surface area contributed by atoms with Gasteiger partial charge in [-0.15, -0.1) is 10.2 Å². The van der Waals surface area contributed by atoms with Gasteiger partial charge in [0.25, 0.3) is 0 Å². The van der Waals surface area contributed by atoms with Gasteiger partial charge in [-0.25, -0.2) is 0 Å². The first-order valence-electron chi connectivity index (χ1n) is 9.72. The summed E-state index contributed by atoms with van der Waals surface area (Å²) in [5, 5.41) is 15.6. The van der Waals surface area contributed by atoms with Crippen LogP contribution in [0.1, 0.15) is 56.4 Å². The van der Waals surface area contributed by atoms with E-state index in [1.807, 2.05) is 18.2 Å². The number of aromatic nitrogens is 3. The highest BCUT2D eigenvalue weighted by Gasteiger charge is 2.34. The first-order chi connectivity index (χ1) is 13.1. The molecule has 7 nitrogen and oxygen atoms in total. The Morgan fingerprint density at radius 3 is 3.00 bits per heavy atom. The second kappa shape index (κ2) is 7.21. The van der Waals surface area contributed by atoms with Crippen LogP contribution in [0.15, 0.2) is 29.3 Å². The van der Waals surface area contributed by atoms with Crippen molar-refractivity contribution in [2.24, 2.45) is 4.99 Å². The van der Waals surface area contributed by atoms with Crippen molar-refractivity contribution in [3.05, 3.63) is 41.5 Å². The molecule has 0 radical (unpaired) electrons. The average Bonchev–Trinajstić information content (AvgIpc) is 3.07. The van der Waals surface area contributed by atoms with E-state index in [1.54, 1.807) is 7.05 Å². The second-order valence-corrected chi connectivity index (χ2v) is 7.87. The Hall–Kier alpha value is -2.57. The van der Waals surface area contributed by atoms with Crippen molar-refractivity contribution in [1.82, 2.24) is 25.4 Å². The number of guanidine groups is 1. The van der Waals surface area contributed by atoms with Gasteiger partial charge in [0, 0.05) is 32.0 Å². The van der Waals surface area contributed by atoms with Crippen LogP contribution in [0.2, 0.25) is 0 Å². The molecule has 0 bridgehead atoms. The zero-order valence-electron chi connectivity index (χ0n) is 16.3. The van der Waals surface area contributed by atoms with Gasteiger partial charge in [0.1, 0.15) is 17.2 Å². The fourth-order valence-electron chi connectivity index (χ4n) is 3.95. The van der Waals surface area contributed by atoms with Crippen LogP contribution < -0.4 is 15.4 Å². The predicted molar refractivity (Wildman–Crippen MR) is 105 cm³/mol. The molecule has 1 aromatic carbocycles. The van der Waals surface area contributed by atoms with Crippen LogP contribution in [0.5, 0.6) is 5.75 Å². The number of fused-ring (bicyclic) bond motifs is 2. The number of rotatable bonds is 3. The number of aliphatic imine (C=N–C) groups is 1. The second-order valence-electron chi connectivity index (χ2n) is 7.87. The van der Waals surface area contributed by atoms with Gasteiger partial charge in [0.2, 0.25) is 0 Å². The number of aryl methyl sites for hydroxylation is 1. The van der Waals surface area contributed by atoms with Crippen LogP contribution >= 0.6 is 0 Å². The van der Waals surface area contributed by atoms with Gasteiger partial charge in [0.15, 0.2) is 11.8 Å². The minimum absolute atomic E-state index is 0.142. The Balaban J connectivity index is 1.46. The summed E-state index contributed by atoms with van der Waals surface area (Å²) in [5.41, 5.74) is 0.941. The first-order valence-corrected chi connectivity index (χ1v) is 9.72. The predicted octanol–water partition coefficient (Wildman–Crippen LogP) is 2.58. The molecule has 2 aliphatic rings. The molecule has 2 aliphatic heterocycles. The van der Waals surface area contributed by atoms with Gasteiger partial charge in [-0.3, -0.25) is 4.99 Å². The molecule has 144 valence electrons. The number of benzene rings is 1. The van der Waals surface area contributed by atoms with Crippen molar-refractivity contribution in [1.29, 1.82) is 0 Å². The molecule has 4 rings (SSSR count). The van der Waals surface area contributed by atoms with Crippen molar-refractivity contribution in [2.75, 3.05) is 7.05 Å². The van der Waals surface area contributed by atoms with Crippen LogP contribution in [0.4, 0.5) is 0 Å². The van der Waals surface area contributed by atoms with E-state index in [0.717, 1.165) is 42.7 Å². The number of hydrogen-bond acceptors (Lipinski definition) is 4. The smallest absolute Gasteiger partial charge is 0.191 e. The topological polar surface area (TPSA) is 76.4 Å². The molecule has 0 spiro atoms. The van der Waals surface area contributed by atoms with Gasteiger partial charge >= 0.3 is 0 Å². The van der Waals surface area contributed by atoms with Gasteiger partial charge in [-0.1, -0.05) is 18.2 Å². The minimum Gasteiger partial charge on any atom is -0.487 e. The maximum absolute atomic E-state index is 6.12. The molecule has 2 N–H and O–H groups in total. The van der Waals surface area contributed by atoms with Crippen molar-refractivity contribution in [2.45, 2.75) is 64.3 Å². The first kappa shape index (κ1) is 17.8. The molecule has 0 amide bonds. The minimum atomic E-state index is -0.225. The molecule has 0 fully saturated rings. The summed E-state index contributed by atoms with van der Waals surface area (Å²) in [6.07, 6.45) is 4.28. The lowest BCUT2D eigenvalue weighted by Crippen LogP contribution is -2.45. The standard InChI is InChI=1S/C20H28N6O/c1-20(2)12-15(14-8-4-5-9-16(14)27-20)23-19(21-3)22-13-18-25-24-17-10-6-7-11-26(17)18/h4-5,8-9,15H,6-7,10-13H2,1-3H3,(H2,21,22,23). The lowest BCUT2D eigenvalue weighted by atomic mass is 9.90. The SMILES string of the molecule is CN=C(NCc1nnc2n1CCCC2)NC1CC(C)(C)Oc2ccccc21. The molecule has 1 unspecified atom stereocenters. The normalized spacial score (nSPS) is 21.0. The van der Waals surface area contributed by atoms with Crippen LogP contribution in [0.25, 0.3) is 0 Å². The van der Waals surface area contributed by atoms with E-state index < -0.39 is 0 Å². The molecule has 1 atom stereocenters. The molecule has 0 saturated carbocycles. The summed E-state index contributed by atoms with van der Waals surface area (Å²) in [5.74, 6) is 3.77. The van der Waals surface area contributed by atoms with Gasteiger partial charge < -0.3 is 19.9 Å². The number of hydrogen-bond donors (Lipinski definition) is 2. The third-order valence-electron chi connectivity index (χ3n) is 5.26. The number of para-hydroxylation sites is 1. The van der Waals surface area contributed by atoms with Crippen LogP contribution in [0, 0.1) is 0 Å². The average molecular weight is 368 g/mol. The molecule has 3 heterocycles. The van der Waals surface area contributed by atoms with E-state index in [1.165, 1.54) is 18.4 Å². The van der Waals surface area contributed by atoms with E-state index in [2.05, 4.69) is 50.3 Å². The van der Waals surface area contributed by atoms with E-state index >= 15 is 0 Å². The Labute approximate surface area is 160 Å². The van der Waals surface area contributed by atoms with Crippen molar-refractivity contribution in [3.8, 4) is 5.75 Å². The van der Waals surface area contributed by atoms with Crippen LogP contribution in [-0.2, 0) is 19.5 Å².